The number of benzene rings is 2. The molecule has 3 aromatic rings. The predicted octanol–water partition coefficient (Wildman–Crippen LogP) is 4.14. The number of Topliss-reactive ketones (excluding diaryl/α,β-unsaturated/α-hetero) is 1. The fraction of sp³-hybridized carbons (Fsp3) is 0.182. The monoisotopic (exact) mass is 460 g/mol. The van der Waals surface area contributed by atoms with Crippen molar-refractivity contribution in [3.05, 3.63) is 82.1 Å². The van der Waals surface area contributed by atoms with Crippen LogP contribution in [-0.2, 0) is 21.8 Å². The molecule has 0 amide bonds. The Hall–Kier alpha value is -3.10. The van der Waals surface area contributed by atoms with Crippen molar-refractivity contribution >= 4 is 39.1 Å². The van der Waals surface area contributed by atoms with E-state index in [0.29, 0.717) is 10.6 Å². The van der Waals surface area contributed by atoms with Gasteiger partial charge in [0.1, 0.15) is 0 Å². The van der Waals surface area contributed by atoms with Crippen LogP contribution in [0.1, 0.15) is 32.1 Å². The Bertz CT molecular complexity index is 1250. The molecule has 0 saturated heterocycles. The second-order valence-corrected chi connectivity index (χ2v) is 9.07. The molecule has 0 aliphatic rings. The second-order valence-electron chi connectivity index (χ2n) is 6.95. The van der Waals surface area contributed by atoms with Crippen molar-refractivity contribution in [3.8, 4) is 0 Å². The standard InChI is InChI=1S/C22H21ClN2O5S/c1-14-12-19(15(2)25(14)3)21(26)13-30-22(27)18-6-4-5-7-20(18)24-31(28,29)17-10-8-16(23)9-11-17/h4-12,24H,13H2,1-3H3. The Labute approximate surface area is 185 Å². The van der Waals surface area contributed by atoms with Crippen molar-refractivity contribution in [2.75, 3.05) is 11.3 Å². The predicted molar refractivity (Wildman–Crippen MR) is 118 cm³/mol. The quantitative estimate of drug-likeness (QED) is 0.422. The van der Waals surface area contributed by atoms with Crippen LogP contribution in [0.2, 0.25) is 5.02 Å². The van der Waals surface area contributed by atoms with Crippen molar-refractivity contribution in [3.63, 3.8) is 0 Å². The van der Waals surface area contributed by atoms with Gasteiger partial charge in [0.2, 0.25) is 5.78 Å². The average molecular weight is 461 g/mol. The van der Waals surface area contributed by atoms with Gasteiger partial charge >= 0.3 is 5.97 Å². The molecule has 0 fully saturated rings. The SMILES string of the molecule is Cc1cc(C(=O)COC(=O)c2ccccc2NS(=O)(=O)c2ccc(Cl)cc2)c(C)n1C. The molecule has 1 heterocycles. The molecule has 0 spiro atoms. The molecule has 0 unspecified atom stereocenters. The van der Waals surface area contributed by atoms with Crippen molar-refractivity contribution in [1.29, 1.82) is 0 Å². The molecule has 1 N–H and O–H groups in total. The number of halogens is 1. The van der Waals surface area contributed by atoms with E-state index in [9.17, 15) is 18.0 Å². The number of nitrogens with zero attached hydrogens (tertiary/aromatic N) is 1. The van der Waals surface area contributed by atoms with E-state index in [0.717, 1.165) is 11.4 Å². The summed E-state index contributed by atoms with van der Waals surface area (Å²) in [6.07, 6.45) is 0. The maximum Gasteiger partial charge on any atom is 0.340 e. The van der Waals surface area contributed by atoms with Crippen LogP contribution in [0.3, 0.4) is 0 Å². The van der Waals surface area contributed by atoms with Gasteiger partial charge in [-0.25, -0.2) is 13.2 Å². The molecular formula is C22H21ClN2O5S. The highest BCUT2D eigenvalue weighted by atomic mass is 35.5. The number of carbonyl (C=O) groups is 2. The first-order valence-corrected chi connectivity index (χ1v) is 11.2. The number of rotatable bonds is 7. The highest BCUT2D eigenvalue weighted by Gasteiger charge is 2.21. The molecule has 31 heavy (non-hydrogen) atoms. The summed E-state index contributed by atoms with van der Waals surface area (Å²) in [5.74, 6) is -1.15. The highest BCUT2D eigenvalue weighted by Crippen LogP contribution is 2.22. The van der Waals surface area contributed by atoms with E-state index in [1.807, 2.05) is 25.5 Å². The summed E-state index contributed by atoms with van der Waals surface area (Å²) in [5, 5.41) is 0.399. The summed E-state index contributed by atoms with van der Waals surface area (Å²) in [6, 6.07) is 13.4. The summed E-state index contributed by atoms with van der Waals surface area (Å²) in [7, 11) is -2.11. The van der Waals surface area contributed by atoms with Crippen molar-refractivity contribution in [1.82, 2.24) is 4.57 Å². The fourth-order valence-corrected chi connectivity index (χ4v) is 4.20. The molecule has 0 atom stereocenters. The Balaban J connectivity index is 1.76. The minimum atomic E-state index is -3.95. The summed E-state index contributed by atoms with van der Waals surface area (Å²) in [5.41, 5.74) is 2.20. The Morgan fingerprint density at radius 3 is 2.29 bits per heavy atom. The highest BCUT2D eigenvalue weighted by molar-refractivity contribution is 7.92. The van der Waals surface area contributed by atoms with Gasteiger partial charge in [-0.2, -0.15) is 0 Å². The van der Waals surface area contributed by atoms with Gasteiger partial charge in [0.05, 0.1) is 16.1 Å². The molecule has 162 valence electrons. The van der Waals surface area contributed by atoms with E-state index in [2.05, 4.69) is 4.72 Å². The zero-order valence-electron chi connectivity index (χ0n) is 17.2. The van der Waals surface area contributed by atoms with Gasteiger partial charge in [-0.15, -0.1) is 0 Å². The number of sulfonamides is 1. The molecular weight excluding hydrogens is 440 g/mol. The van der Waals surface area contributed by atoms with Gasteiger partial charge in [0.25, 0.3) is 10.0 Å². The average Bonchev–Trinajstić information content (AvgIpc) is 2.99. The molecule has 7 nitrogen and oxygen atoms in total. The maximum atomic E-state index is 12.6. The van der Waals surface area contributed by atoms with Gasteiger partial charge in [-0.3, -0.25) is 9.52 Å². The molecule has 1 aromatic heterocycles. The fourth-order valence-electron chi connectivity index (χ4n) is 2.99. The molecule has 0 bridgehead atoms. The first-order chi connectivity index (χ1) is 14.6. The Morgan fingerprint density at radius 2 is 1.68 bits per heavy atom. The van der Waals surface area contributed by atoms with Gasteiger partial charge in [0, 0.05) is 29.0 Å². The number of nitrogens with one attached hydrogen (secondary N) is 1. The lowest BCUT2D eigenvalue weighted by atomic mass is 10.1. The van der Waals surface area contributed by atoms with Crippen LogP contribution >= 0.6 is 11.6 Å². The molecule has 0 aliphatic heterocycles. The van der Waals surface area contributed by atoms with Crippen LogP contribution in [0.25, 0.3) is 0 Å². The molecule has 3 rings (SSSR count). The van der Waals surface area contributed by atoms with E-state index in [1.165, 1.54) is 36.4 Å². The topological polar surface area (TPSA) is 94.5 Å². The number of esters is 1. The van der Waals surface area contributed by atoms with Crippen LogP contribution in [-0.4, -0.2) is 31.3 Å². The second kappa shape index (κ2) is 8.95. The number of para-hydroxylation sites is 1. The van der Waals surface area contributed by atoms with Gasteiger partial charge in [0.15, 0.2) is 6.61 Å². The van der Waals surface area contributed by atoms with Gasteiger partial charge in [-0.1, -0.05) is 23.7 Å². The van der Waals surface area contributed by atoms with E-state index in [-0.39, 0.29) is 21.9 Å². The number of ether oxygens (including phenoxy) is 1. The summed E-state index contributed by atoms with van der Waals surface area (Å²) in [6.45, 7) is 3.23. The van der Waals surface area contributed by atoms with E-state index in [1.54, 1.807) is 18.2 Å². The summed E-state index contributed by atoms with van der Waals surface area (Å²) in [4.78, 5) is 25.1. The Kier molecular flexibility index (Phi) is 6.52. The van der Waals surface area contributed by atoms with Gasteiger partial charge in [-0.05, 0) is 56.3 Å². The number of aryl methyl sites for hydroxylation is 1. The molecule has 0 aliphatic carbocycles. The van der Waals surface area contributed by atoms with Crippen molar-refractivity contribution < 1.29 is 22.7 Å². The molecule has 9 heteroatoms. The molecule has 0 saturated carbocycles. The minimum absolute atomic E-state index is 0.00574. The first-order valence-electron chi connectivity index (χ1n) is 9.31. The summed E-state index contributed by atoms with van der Waals surface area (Å²) >= 11 is 5.81. The van der Waals surface area contributed by atoms with E-state index < -0.39 is 22.6 Å². The van der Waals surface area contributed by atoms with E-state index >= 15 is 0 Å². The minimum Gasteiger partial charge on any atom is -0.454 e. The van der Waals surface area contributed by atoms with Crippen LogP contribution in [0.4, 0.5) is 5.69 Å². The Morgan fingerprint density at radius 1 is 1.03 bits per heavy atom. The van der Waals surface area contributed by atoms with Crippen LogP contribution in [0, 0.1) is 13.8 Å². The third-order valence-corrected chi connectivity index (χ3v) is 6.56. The number of aromatic nitrogens is 1. The van der Waals surface area contributed by atoms with Crippen molar-refractivity contribution in [2.45, 2.75) is 18.7 Å². The van der Waals surface area contributed by atoms with Crippen LogP contribution in [0.5, 0.6) is 0 Å². The van der Waals surface area contributed by atoms with Crippen molar-refractivity contribution in [2.24, 2.45) is 7.05 Å². The lowest BCUT2D eigenvalue weighted by Gasteiger charge is -2.12. The molecule has 0 radical (unpaired) electrons. The third kappa shape index (κ3) is 4.98. The number of hydrogen-bond donors (Lipinski definition) is 1. The number of ketones is 1. The zero-order valence-corrected chi connectivity index (χ0v) is 18.8. The normalized spacial score (nSPS) is 11.2. The third-order valence-electron chi connectivity index (χ3n) is 4.93. The number of hydrogen-bond acceptors (Lipinski definition) is 5. The number of carbonyl (C=O) groups excluding carboxylic acids is 2. The summed E-state index contributed by atoms with van der Waals surface area (Å²) < 4.78 is 34.7. The maximum absolute atomic E-state index is 12.6. The van der Waals surface area contributed by atoms with E-state index in [4.69, 9.17) is 16.3 Å². The first kappa shape index (κ1) is 22.6. The van der Waals surface area contributed by atoms with Crippen LogP contribution in [0.15, 0.2) is 59.5 Å². The lowest BCUT2D eigenvalue weighted by Crippen LogP contribution is -2.18. The van der Waals surface area contributed by atoms with Crippen LogP contribution < -0.4 is 4.72 Å². The van der Waals surface area contributed by atoms with Gasteiger partial charge < -0.3 is 9.30 Å². The largest absolute Gasteiger partial charge is 0.454 e. The molecule has 2 aromatic carbocycles. The zero-order chi connectivity index (χ0) is 22.8. The number of anilines is 1. The lowest BCUT2D eigenvalue weighted by molar-refractivity contribution is 0.0475. The smallest absolute Gasteiger partial charge is 0.340 e.